The zero-order chi connectivity index (χ0) is 19.0. The number of amidine groups is 1. The van der Waals surface area contributed by atoms with Crippen LogP contribution in [0.3, 0.4) is 0 Å². The average Bonchev–Trinajstić information content (AvgIpc) is 2.64. The fraction of sp³-hybridized carbons (Fsp3) is 0.429. The van der Waals surface area contributed by atoms with Gasteiger partial charge in [0.25, 0.3) is 0 Å². The van der Waals surface area contributed by atoms with E-state index >= 15 is 0 Å². The summed E-state index contributed by atoms with van der Waals surface area (Å²) in [5.41, 5.74) is 4.50. The van der Waals surface area contributed by atoms with Crippen molar-refractivity contribution in [3.63, 3.8) is 0 Å². The van der Waals surface area contributed by atoms with Crippen LogP contribution in [0.4, 0.5) is 5.69 Å². The topological polar surface area (TPSA) is 40.5 Å². The van der Waals surface area contributed by atoms with Gasteiger partial charge in [-0.1, -0.05) is 23.2 Å². The number of nitrogens with zero attached hydrogens (tertiary/aromatic N) is 3. The summed E-state index contributed by atoms with van der Waals surface area (Å²) in [5, 5.41) is 4.79. The number of hydrogen-bond donors (Lipinski definition) is 1. The fourth-order valence-electron chi connectivity index (χ4n) is 4.10. The summed E-state index contributed by atoms with van der Waals surface area (Å²) < 4.78 is 0. The first-order valence-corrected chi connectivity index (χ1v) is 10.1. The van der Waals surface area contributed by atoms with E-state index < -0.39 is 0 Å². The number of piperidine rings is 1. The van der Waals surface area contributed by atoms with Crippen LogP contribution in [0.1, 0.15) is 29.7 Å². The highest BCUT2D eigenvalue weighted by Crippen LogP contribution is 2.44. The van der Waals surface area contributed by atoms with Crippen molar-refractivity contribution in [1.29, 1.82) is 0 Å². The number of aromatic nitrogens is 1. The molecule has 142 valence electrons. The Morgan fingerprint density at radius 1 is 1.19 bits per heavy atom. The highest BCUT2D eigenvalue weighted by Gasteiger charge is 2.42. The van der Waals surface area contributed by atoms with Crippen molar-refractivity contribution in [3.05, 3.63) is 57.3 Å². The molecule has 6 heteroatoms. The lowest BCUT2D eigenvalue weighted by molar-refractivity contribution is 0.178. The summed E-state index contributed by atoms with van der Waals surface area (Å²) in [6.07, 6.45) is 4.98. The maximum Gasteiger partial charge on any atom is 0.108 e. The molecule has 2 aromatic rings. The van der Waals surface area contributed by atoms with Crippen molar-refractivity contribution < 1.29 is 0 Å². The van der Waals surface area contributed by atoms with E-state index in [1.807, 2.05) is 31.3 Å². The van der Waals surface area contributed by atoms with Crippen LogP contribution in [0.25, 0.3) is 0 Å². The van der Waals surface area contributed by atoms with E-state index in [1.54, 1.807) is 0 Å². The third-order valence-corrected chi connectivity index (χ3v) is 6.48. The van der Waals surface area contributed by atoms with Gasteiger partial charge in [-0.3, -0.25) is 9.98 Å². The molecule has 4 nitrogen and oxygen atoms in total. The van der Waals surface area contributed by atoms with Crippen molar-refractivity contribution in [2.75, 3.05) is 25.5 Å². The average molecular weight is 403 g/mol. The van der Waals surface area contributed by atoms with Crippen molar-refractivity contribution in [2.45, 2.75) is 32.7 Å². The minimum absolute atomic E-state index is 0.0404. The van der Waals surface area contributed by atoms with E-state index in [0.717, 1.165) is 49.6 Å². The van der Waals surface area contributed by atoms with Gasteiger partial charge in [0.2, 0.25) is 0 Å². The molecule has 3 heterocycles. The van der Waals surface area contributed by atoms with Gasteiger partial charge in [0.1, 0.15) is 5.84 Å². The third-order valence-electron chi connectivity index (χ3n) is 5.76. The van der Waals surface area contributed by atoms with E-state index in [0.29, 0.717) is 16.6 Å². The predicted molar refractivity (Wildman–Crippen MR) is 113 cm³/mol. The van der Waals surface area contributed by atoms with Crippen molar-refractivity contribution in [2.24, 2.45) is 10.4 Å². The Morgan fingerprint density at radius 3 is 2.67 bits per heavy atom. The molecule has 0 aliphatic carbocycles. The van der Waals surface area contributed by atoms with Crippen molar-refractivity contribution in [1.82, 2.24) is 9.88 Å². The Balaban J connectivity index is 1.69. The zero-order valence-corrected chi connectivity index (χ0v) is 17.2. The normalized spacial score (nSPS) is 20.5. The Morgan fingerprint density at radius 2 is 1.93 bits per heavy atom. The minimum Gasteiger partial charge on any atom is -0.343 e. The molecule has 0 radical (unpaired) electrons. The van der Waals surface area contributed by atoms with E-state index in [4.69, 9.17) is 28.2 Å². The third kappa shape index (κ3) is 3.84. The summed E-state index contributed by atoms with van der Waals surface area (Å²) in [6.45, 7) is 4.81. The Kier molecular flexibility index (Phi) is 5.15. The summed E-state index contributed by atoms with van der Waals surface area (Å²) in [5.74, 6) is 1.08. The smallest absolute Gasteiger partial charge is 0.108 e. The molecule has 1 fully saturated rings. The number of aryl methyl sites for hydroxylation is 1. The second kappa shape index (κ2) is 7.42. The molecule has 1 aromatic heterocycles. The molecule has 1 spiro atoms. The first kappa shape index (κ1) is 18.7. The van der Waals surface area contributed by atoms with Gasteiger partial charge >= 0.3 is 0 Å². The Bertz CT molecular complexity index is 886. The molecule has 27 heavy (non-hydrogen) atoms. The van der Waals surface area contributed by atoms with Crippen molar-refractivity contribution >= 4 is 34.7 Å². The molecule has 1 N–H and O–H groups in total. The quantitative estimate of drug-likeness (QED) is 0.769. The lowest BCUT2D eigenvalue weighted by Gasteiger charge is -2.45. The monoisotopic (exact) mass is 402 g/mol. The van der Waals surface area contributed by atoms with Crippen LogP contribution in [0, 0.1) is 12.3 Å². The van der Waals surface area contributed by atoms with Crippen LogP contribution in [0.2, 0.25) is 10.0 Å². The van der Waals surface area contributed by atoms with Crippen LogP contribution in [-0.2, 0) is 13.0 Å². The number of hydrogen-bond acceptors (Lipinski definition) is 3. The lowest BCUT2D eigenvalue weighted by Crippen LogP contribution is -2.49. The maximum absolute atomic E-state index is 6.28. The summed E-state index contributed by atoms with van der Waals surface area (Å²) in [4.78, 5) is 11.7. The number of pyridine rings is 1. The summed E-state index contributed by atoms with van der Waals surface area (Å²) in [7, 11) is 2.18. The van der Waals surface area contributed by atoms with Gasteiger partial charge in [0, 0.05) is 23.0 Å². The van der Waals surface area contributed by atoms with E-state index in [2.05, 4.69) is 28.3 Å². The van der Waals surface area contributed by atoms with Gasteiger partial charge in [-0.05, 0) is 81.7 Å². The molecule has 4 rings (SSSR count). The van der Waals surface area contributed by atoms with E-state index in [-0.39, 0.29) is 5.41 Å². The Labute approximate surface area is 170 Å². The van der Waals surface area contributed by atoms with Crippen LogP contribution in [0.5, 0.6) is 0 Å². The number of halogens is 2. The molecule has 0 amide bonds. The molecule has 1 saturated heterocycles. The van der Waals surface area contributed by atoms with E-state index in [9.17, 15) is 0 Å². The molecule has 1 aromatic carbocycles. The number of benzene rings is 1. The van der Waals surface area contributed by atoms with Crippen molar-refractivity contribution in [3.8, 4) is 0 Å². The SMILES string of the molecule is Cc1cc(CN=C2Nc3cc(Cl)c(Cl)cc3CC23CCN(C)CC3)ccn1. The molecule has 0 saturated carbocycles. The van der Waals surface area contributed by atoms with Crippen LogP contribution < -0.4 is 5.32 Å². The number of fused-ring (bicyclic) bond motifs is 1. The molecule has 2 aliphatic heterocycles. The largest absolute Gasteiger partial charge is 0.343 e. The second-order valence-electron chi connectivity index (χ2n) is 7.78. The number of likely N-dealkylation sites (tertiary alicyclic amines) is 1. The standard InChI is InChI=1S/C21H24Cl2N4/c1-14-9-15(3-6-24-14)13-25-20-21(4-7-27(2)8-5-21)12-16-10-17(22)18(23)11-19(16)26-20/h3,6,9-11H,4-5,7-8,12-13H2,1-2H3,(H,25,26). The second-order valence-corrected chi connectivity index (χ2v) is 8.59. The highest BCUT2D eigenvalue weighted by molar-refractivity contribution is 6.42. The van der Waals surface area contributed by atoms with E-state index in [1.165, 1.54) is 11.1 Å². The molecule has 0 bridgehead atoms. The Hall–Kier alpha value is -1.62. The molecule has 0 unspecified atom stereocenters. The molecular weight excluding hydrogens is 379 g/mol. The minimum atomic E-state index is 0.0404. The van der Waals surface area contributed by atoms with Gasteiger partial charge in [0.15, 0.2) is 0 Å². The van der Waals surface area contributed by atoms with Gasteiger partial charge in [-0.25, -0.2) is 0 Å². The number of nitrogens with one attached hydrogen (secondary N) is 1. The fourth-order valence-corrected chi connectivity index (χ4v) is 4.45. The number of anilines is 1. The van der Waals surface area contributed by atoms with Crippen LogP contribution in [-0.4, -0.2) is 35.9 Å². The van der Waals surface area contributed by atoms with Gasteiger partial charge in [0.05, 0.1) is 16.6 Å². The van der Waals surface area contributed by atoms with Gasteiger partial charge < -0.3 is 10.2 Å². The van der Waals surface area contributed by atoms with Crippen LogP contribution >= 0.6 is 23.2 Å². The predicted octanol–water partition coefficient (Wildman–Crippen LogP) is 4.98. The van der Waals surface area contributed by atoms with Gasteiger partial charge in [-0.2, -0.15) is 0 Å². The van der Waals surface area contributed by atoms with Gasteiger partial charge in [-0.15, -0.1) is 0 Å². The maximum atomic E-state index is 6.28. The summed E-state index contributed by atoms with van der Waals surface area (Å²) >= 11 is 12.5. The molecule has 2 aliphatic rings. The summed E-state index contributed by atoms with van der Waals surface area (Å²) in [6, 6.07) is 8.06. The zero-order valence-electron chi connectivity index (χ0n) is 15.7. The van der Waals surface area contributed by atoms with Crippen LogP contribution in [0.15, 0.2) is 35.5 Å². The highest BCUT2D eigenvalue weighted by atomic mass is 35.5. The molecule has 0 atom stereocenters. The lowest BCUT2D eigenvalue weighted by atomic mass is 9.70. The first-order valence-electron chi connectivity index (χ1n) is 9.35. The first-order chi connectivity index (χ1) is 12.9. The number of rotatable bonds is 2. The molecular formula is C21H24Cl2N4. The number of aliphatic imine (C=N–C) groups is 1.